The monoisotopic (exact) mass is 392 g/mol. The fourth-order valence-electron chi connectivity index (χ4n) is 2.49. The lowest BCUT2D eigenvalue weighted by molar-refractivity contribution is -0.133. The number of benzene rings is 1. The van der Waals surface area contributed by atoms with Crippen LogP contribution in [-0.4, -0.2) is 28.3 Å². The predicted octanol–water partition coefficient (Wildman–Crippen LogP) is 4.29. The lowest BCUT2D eigenvalue weighted by atomic mass is 10.1. The van der Waals surface area contributed by atoms with Gasteiger partial charge in [0.05, 0.1) is 12.0 Å². The van der Waals surface area contributed by atoms with Gasteiger partial charge in [0.25, 0.3) is 5.91 Å². The van der Waals surface area contributed by atoms with Gasteiger partial charge in [0.2, 0.25) is 5.91 Å². The van der Waals surface area contributed by atoms with Crippen LogP contribution in [0.25, 0.3) is 6.08 Å². The number of hydrogen-bond acceptors (Lipinski definition) is 5. The van der Waals surface area contributed by atoms with E-state index in [1.807, 2.05) is 24.3 Å². The van der Waals surface area contributed by atoms with E-state index in [-0.39, 0.29) is 11.8 Å². The highest BCUT2D eigenvalue weighted by Gasteiger charge is 2.33. The zero-order valence-corrected chi connectivity index (χ0v) is 16.8. The van der Waals surface area contributed by atoms with Gasteiger partial charge in [-0.1, -0.05) is 56.5 Å². The summed E-state index contributed by atoms with van der Waals surface area (Å²) in [6.45, 7) is 2.15. The SMILES string of the molecule is CCCCCCCC(=O)NN1C(=O)/C(=C/c2ccc(OC)cc2)SC1=S. The number of rotatable bonds is 9. The fraction of sp³-hybridized carbons (Fsp3) is 0.421. The number of thioether (sulfide) groups is 1. The molecule has 1 aromatic rings. The summed E-state index contributed by atoms with van der Waals surface area (Å²) in [5.74, 6) is 0.277. The van der Waals surface area contributed by atoms with Crippen LogP contribution in [0.15, 0.2) is 29.2 Å². The highest BCUT2D eigenvalue weighted by Crippen LogP contribution is 2.31. The summed E-state index contributed by atoms with van der Waals surface area (Å²) in [6, 6.07) is 7.38. The number of nitrogens with zero attached hydrogens (tertiary/aromatic N) is 1. The molecule has 140 valence electrons. The smallest absolute Gasteiger partial charge is 0.285 e. The van der Waals surface area contributed by atoms with Gasteiger partial charge in [-0.15, -0.1) is 0 Å². The maximum absolute atomic E-state index is 12.5. The standard InChI is InChI=1S/C19H24N2O3S2/c1-3-4-5-6-7-8-17(22)20-21-18(23)16(26-19(21)25)13-14-9-11-15(24-2)12-10-14/h9-13H,3-8H2,1-2H3,(H,20,22)/b16-13-. The molecular formula is C19H24N2O3S2. The predicted molar refractivity (Wildman–Crippen MR) is 110 cm³/mol. The largest absolute Gasteiger partial charge is 0.497 e. The van der Waals surface area contributed by atoms with Crippen molar-refractivity contribution in [3.05, 3.63) is 34.7 Å². The van der Waals surface area contributed by atoms with Gasteiger partial charge in [0.15, 0.2) is 4.32 Å². The van der Waals surface area contributed by atoms with Crippen molar-refractivity contribution in [2.75, 3.05) is 7.11 Å². The van der Waals surface area contributed by atoms with Crippen LogP contribution in [-0.2, 0) is 9.59 Å². The quantitative estimate of drug-likeness (QED) is 0.386. The van der Waals surface area contributed by atoms with Crippen LogP contribution in [0, 0.1) is 0 Å². The van der Waals surface area contributed by atoms with Crippen molar-refractivity contribution >= 4 is 46.2 Å². The molecule has 1 aliphatic rings. The van der Waals surface area contributed by atoms with Crippen LogP contribution in [0.3, 0.4) is 0 Å². The number of hydrazine groups is 1. The molecule has 2 rings (SSSR count). The molecule has 1 fully saturated rings. The Morgan fingerprint density at radius 1 is 1.23 bits per heavy atom. The van der Waals surface area contributed by atoms with E-state index in [1.54, 1.807) is 13.2 Å². The van der Waals surface area contributed by atoms with E-state index in [2.05, 4.69) is 12.3 Å². The van der Waals surface area contributed by atoms with E-state index in [1.165, 1.54) is 29.6 Å². The Balaban J connectivity index is 1.91. The molecule has 0 spiro atoms. The summed E-state index contributed by atoms with van der Waals surface area (Å²) < 4.78 is 5.46. The minimum Gasteiger partial charge on any atom is -0.497 e. The molecule has 7 heteroatoms. The normalized spacial score (nSPS) is 15.6. The average Bonchev–Trinajstić information content (AvgIpc) is 2.89. The van der Waals surface area contributed by atoms with Crippen molar-refractivity contribution in [2.45, 2.75) is 45.4 Å². The summed E-state index contributed by atoms with van der Waals surface area (Å²) in [5.41, 5.74) is 3.49. The highest BCUT2D eigenvalue weighted by molar-refractivity contribution is 8.26. The Bertz CT molecular complexity index is 687. The van der Waals surface area contributed by atoms with Crippen LogP contribution in [0.4, 0.5) is 0 Å². The Morgan fingerprint density at radius 3 is 2.58 bits per heavy atom. The van der Waals surface area contributed by atoms with Gasteiger partial charge in [-0.2, -0.15) is 5.01 Å². The Kier molecular flexibility index (Phi) is 8.12. The van der Waals surface area contributed by atoms with Gasteiger partial charge >= 0.3 is 0 Å². The Hall–Kier alpha value is -1.86. The molecule has 1 heterocycles. The fourth-order valence-corrected chi connectivity index (χ4v) is 3.66. The molecule has 0 unspecified atom stereocenters. The molecule has 0 saturated carbocycles. The summed E-state index contributed by atoms with van der Waals surface area (Å²) in [5, 5.41) is 1.17. The van der Waals surface area contributed by atoms with Crippen molar-refractivity contribution < 1.29 is 14.3 Å². The summed E-state index contributed by atoms with van der Waals surface area (Å²) in [6.07, 6.45) is 7.50. The maximum Gasteiger partial charge on any atom is 0.285 e. The summed E-state index contributed by atoms with van der Waals surface area (Å²) in [4.78, 5) is 25.0. The zero-order valence-electron chi connectivity index (χ0n) is 15.1. The number of methoxy groups -OCH3 is 1. The third-order valence-electron chi connectivity index (χ3n) is 3.95. The molecule has 0 aromatic heterocycles. The average molecular weight is 393 g/mol. The molecule has 0 atom stereocenters. The van der Waals surface area contributed by atoms with Crippen LogP contribution < -0.4 is 10.2 Å². The van der Waals surface area contributed by atoms with Crippen LogP contribution in [0.2, 0.25) is 0 Å². The highest BCUT2D eigenvalue weighted by atomic mass is 32.2. The first-order valence-electron chi connectivity index (χ1n) is 8.76. The molecule has 1 aromatic carbocycles. The van der Waals surface area contributed by atoms with Crippen molar-refractivity contribution in [2.24, 2.45) is 0 Å². The van der Waals surface area contributed by atoms with E-state index in [9.17, 15) is 9.59 Å². The number of ether oxygens (including phenoxy) is 1. The molecule has 0 bridgehead atoms. The molecule has 1 N–H and O–H groups in total. The van der Waals surface area contributed by atoms with E-state index < -0.39 is 0 Å². The van der Waals surface area contributed by atoms with Crippen molar-refractivity contribution in [1.29, 1.82) is 0 Å². The van der Waals surface area contributed by atoms with Gasteiger partial charge < -0.3 is 4.74 Å². The minimum atomic E-state index is -0.296. The van der Waals surface area contributed by atoms with Crippen molar-refractivity contribution in [3.63, 3.8) is 0 Å². The third kappa shape index (κ3) is 5.85. The Labute approximate surface area is 164 Å². The summed E-state index contributed by atoms with van der Waals surface area (Å²) >= 11 is 6.42. The molecule has 1 saturated heterocycles. The van der Waals surface area contributed by atoms with E-state index >= 15 is 0 Å². The van der Waals surface area contributed by atoms with Crippen LogP contribution in [0.5, 0.6) is 5.75 Å². The number of unbranched alkanes of at least 4 members (excludes halogenated alkanes) is 4. The topological polar surface area (TPSA) is 58.6 Å². The van der Waals surface area contributed by atoms with Gasteiger partial charge in [-0.3, -0.25) is 15.0 Å². The van der Waals surface area contributed by atoms with E-state index in [4.69, 9.17) is 17.0 Å². The first-order chi connectivity index (χ1) is 12.5. The zero-order chi connectivity index (χ0) is 18.9. The number of hydrogen-bond donors (Lipinski definition) is 1. The van der Waals surface area contributed by atoms with E-state index in [0.29, 0.717) is 15.6 Å². The van der Waals surface area contributed by atoms with Gasteiger partial charge in [-0.05, 0) is 42.4 Å². The maximum atomic E-state index is 12.5. The number of thiocarbonyl (C=S) groups is 1. The molecule has 0 radical (unpaired) electrons. The molecule has 5 nitrogen and oxygen atoms in total. The summed E-state index contributed by atoms with van der Waals surface area (Å²) in [7, 11) is 1.60. The molecular weight excluding hydrogens is 368 g/mol. The van der Waals surface area contributed by atoms with Gasteiger partial charge in [-0.25, -0.2) is 0 Å². The van der Waals surface area contributed by atoms with Gasteiger partial charge in [0, 0.05) is 6.42 Å². The lowest BCUT2D eigenvalue weighted by Gasteiger charge is -2.15. The second-order valence-corrected chi connectivity index (χ2v) is 7.67. The molecule has 1 aliphatic heterocycles. The number of amides is 2. The molecule has 2 amide bonds. The van der Waals surface area contributed by atoms with Crippen LogP contribution >= 0.6 is 24.0 Å². The second kappa shape index (κ2) is 10.3. The Morgan fingerprint density at radius 2 is 1.92 bits per heavy atom. The van der Waals surface area contributed by atoms with Crippen LogP contribution in [0.1, 0.15) is 51.0 Å². The van der Waals surface area contributed by atoms with Gasteiger partial charge in [0.1, 0.15) is 5.75 Å². The first-order valence-corrected chi connectivity index (χ1v) is 9.99. The lowest BCUT2D eigenvalue weighted by Crippen LogP contribution is -2.44. The number of nitrogens with one attached hydrogen (secondary N) is 1. The minimum absolute atomic E-state index is 0.177. The van der Waals surface area contributed by atoms with Crippen molar-refractivity contribution in [1.82, 2.24) is 10.4 Å². The first kappa shape index (κ1) is 20.5. The molecule has 26 heavy (non-hydrogen) atoms. The van der Waals surface area contributed by atoms with Crippen molar-refractivity contribution in [3.8, 4) is 5.75 Å². The molecule has 0 aliphatic carbocycles. The second-order valence-electron chi connectivity index (χ2n) is 5.99. The number of carbonyl (C=O) groups is 2. The number of carbonyl (C=O) groups excluding carboxylic acids is 2. The van der Waals surface area contributed by atoms with E-state index in [0.717, 1.165) is 30.6 Å². The third-order valence-corrected chi connectivity index (χ3v) is 5.25.